The van der Waals surface area contributed by atoms with E-state index in [1.54, 1.807) is 42.1 Å². The maximum absolute atomic E-state index is 13.0. The van der Waals surface area contributed by atoms with Gasteiger partial charge in [0.25, 0.3) is 0 Å². The molecule has 0 aliphatic heterocycles. The molecule has 3 rings (SSSR count). The van der Waals surface area contributed by atoms with Crippen molar-refractivity contribution < 1.29 is 9.13 Å². The maximum atomic E-state index is 13.0. The van der Waals surface area contributed by atoms with Crippen LogP contribution in [0.15, 0.2) is 47.6 Å². The van der Waals surface area contributed by atoms with Gasteiger partial charge in [-0.25, -0.2) is 4.39 Å². The van der Waals surface area contributed by atoms with Crippen LogP contribution in [0.4, 0.5) is 4.39 Å². The summed E-state index contributed by atoms with van der Waals surface area (Å²) in [6.07, 6.45) is 0. The van der Waals surface area contributed by atoms with Gasteiger partial charge in [0, 0.05) is 17.3 Å². The molecule has 0 amide bonds. The van der Waals surface area contributed by atoms with Crippen molar-refractivity contribution in [3.63, 3.8) is 0 Å². The van der Waals surface area contributed by atoms with Crippen LogP contribution in [0.2, 0.25) is 10.0 Å². The molecule has 0 radical (unpaired) electrons. The largest absolute Gasteiger partial charge is 0.484 e. The fourth-order valence-electron chi connectivity index (χ4n) is 2.31. The van der Waals surface area contributed by atoms with E-state index in [4.69, 9.17) is 27.9 Å². The summed E-state index contributed by atoms with van der Waals surface area (Å²) in [6.45, 7) is 2.98. The molecule has 1 heterocycles. The summed E-state index contributed by atoms with van der Waals surface area (Å²) in [5.74, 6) is 1.69. The molecule has 0 spiro atoms. The molecule has 0 unspecified atom stereocenters. The third-order valence-electron chi connectivity index (χ3n) is 3.64. The van der Waals surface area contributed by atoms with Gasteiger partial charge in [-0.15, -0.1) is 10.2 Å². The number of ether oxygens (including phenoxy) is 1. The Hall–Kier alpha value is -1.76. The first-order chi connectivity index (χ1) is 12.6. The van der Waals surface area contributed by atoms with Crippen molar-refractivity contribution in [3.05, 3.63) is 69.7 Å². The lowest BCUT2D eigenvalue weighted by molar-refractivity contribution is 0.288. The Balaban J connectivity index is 1.66. The van der Waals surface area contributed by atoms with Gasteiger partial charge in [0.15, 0.2) is 11.0 Å². The van der Waals surface area contributed by atoms with E-state index < -0.39 is 0 Å². The molecular formula is C18H16Cl2FN3OS. The van der Waals surface area contributed by atoms with Gasteiger partial charge in [0.05, 0.1) is 5.02 Å². The Morgan fingerprint density at radius 1 is 1.12 bits per heavy atom. The lowest BCUT2D eigenvalue weighted by Gasteiger charge is -2.10. The fraction of sp³-hybridized carbons (Fsp3) is 0.222. The third-order valence-corrected chi connectivity index (χ3v) is 5.21. The van der Waals surface area contributed by atoms with Crippen LogP contribution in [-0.4, -0.2) is 14.8 Å². The van der Waals surface area contributed by atoms with Crippen molar-refractivity contribution in [2.75, 3.05) is 0 Å². The van der Waals surface area contributed by atoms with E-state index in [1.165, 1.54) is 12.1 Å². The Kier molecular flexibility index (Phi) is 6.40. The van der Waals surface area contributed by atoms with E-state index in [1.807, 2.05) is 11.5 Å². The molecule has 4 nitrogen and oxygen atoms in total. The first kappa shape index (κ1) is 19.0. The highest BCUT2D eigenvalue weighted by atomic mass is 35.5. The lowest BCUT2D eigenvalue weighted by Crippen LogP contribution is -2.07. The van der Waals surface area contributed by atoms with Crippen LogP contribution < -0.4 is 4.74 Å². The summed E-state index contributed by atoms with van der Waals surface area (Å²) < 4.78 is 20.7. The topological polar surface area (TPSA) is 39.9 Å². The Bertz CT molecular complexity index is 887. The number of halogens is 3. The van der Waals surface area contributed by atoms with Gasteiger partial charge in [0.2, 0.25) is 0 Å². The number of aromatic nitrogens is 3. The van der Waals surface area contributed by atoms with Gasteiger partial charge in [-0.05, 0) is 42.8 Å². The van der Waals surface area contributed by atoms with Crippen LogP contribution in [0.25, 0.3) is 0 Å². The molecule has 0 saturated heterocycles. The molecule has 0 N–H and O–H groups in total. The van der Waals surface area contributed by atoms with Gasteiger partial charge >= 0.3 is 0 Å². The van der Waals surface area contributed by atoms with E-state index in [0.29, 0.717) is 33.9 Å². The van der Waals surface area contributed by atoms with Gasteiger partial charge in [-0.1, -0.05) is 47.1 Å². The van der Waals surface area contributed by atoms with Crippen LogP contribution in [0.1, 0.15) is 18.3 Å². The molecule has 0 aliphatic carbocycles. The smallest absolute Gasteiger partial charge is 0.191 e. The van der Waals surface area contributed by atoms with Gasteiger partial charge in [0.1, 0.15) is 18.2 Å². The predicted octanol–water partition coefficient (Wildman–Crippen LogP) is 5.62. The van der Waals surface area contributed by atoms with Crippen molar-refractivity contribution >= 4 is 35.0 Å². The molecular weight excluding hydrogens is 396 g/mol. The first-order valence-corrected chi connectivity index (χ1v) is 9.68. The molecule has 1 aromatic heterocycles. The molecule has 2 aromatic carbocycles. The molecule has 26 heavy (non-hydrogen) atoms. The maximum Gasteiger partial charge on any atom is 0.191 e. The molecule has 3 aromatic rings. The predicted molar refractivity (Wildman–Crippen MR) is 102 cm³/mol. The second-order valence-electron chi connectivity index (χ2n) is 5.42. The number of nitrogens with zero attached hydrogens (tertiary/aromatic N) is 3. The van der Waals surface area contributed by atoms with E-state index in [9.17, 15) is 4.39 Å². The zero-order valence-corrected chi connectivity index (χ0v) is 16.3. The Morgan fingerprint density at radius 2 is 1.88 bits per heavy atom. The second-order valence-corrected chi connectivity index (χ2v) is 7.21. The van der Waals surface area contributed by atoms with Crippen molar-refractivity contribution in [2.24, 2.45) is 0 Å². The van der Waals surface area contributed by atoms with Crippen molar-refractivity contribution in [3.8, 4) is 5.75 Å². The SMILES string of the molecule is CCn1c(COc2ccc(Cl)cc2Cl)nnc1SCc1ccc(F)cc1. The molecule has 0 atom stereocenters. The fourth-order valence-corrected chi connectivity index (χ4v) is 3.75. The average Bonchev–Trinajstić information content (AvgIpc) is 3.02. The summed E-state index contributed by atoms with van der Waals surface area (Å²) >= 11 is 13.6. The van der Waals surface area contributed by atoms with Gasteiger partial charge in [-0.3, -0.25) is 0 Å². The van der Waals surface area contributed by atoms with Gasteiger partial charge in [-0.2, -0.15) is 0 Å². The van der Waals surface area contributed by atoms with Crippen molar-refractivity contribution in [1.29, 1.82) is 0 Å². The van der Waals surface area contributed by atoms with E-state index in [0.717, 1.165) is 10.7 Å². The third kappa shape index (κ3) is 4.69. The van der Waals surface area contributed by atoms with Crippen LogP contribution in [-0.2, 0) is 18.9 Å². The minimum absolute atomic E-state index is 0.240. The monoisotopic (exact) mass is 411 g/mol. The van der Waals surface area contributed by atoms with Gasteiger partial charge < -0.3 is 9.30 Å². The summed E-state index contributed by atoms with van der Waals surface area (Å²) in [5, 5.41) is 10.2. The van der Waals surface area contributed by atoms with Crippen LogP contribution in [0, 0.1) is 5.82 Å². The molecule has 8 heteroatoms. The van der Waals surface area contributed by atoms with Crippen LogP contribution in [0.5, 0.6) is 5.75 Å². The average molecular weight is 412 g/mol. The summed E-state index contributed by atoms with van der Waals surface area (Å²) in [7, 11) is 0. The van der Waals surface area contributed by atoms with Crippen LogP contribution >= 0.6 is 35.0 Å². The number of hydrogen-bond donors (Lipinski definition) is 0. The second kappa shape index (κ2) is 8.75. The molecule has 0 aliphatic rings. The number of thioether (sulfide) groups is 1. The highest BCUT2D eigenvalue weighted by Crippen LogP contribution is 2.28. The van der Waals surface area contributed by atoms with Crippen LogP contribution in [0.3, 0.4) is 0 Å². The highest BCUT2D eigenvalue weighted by Gasteiger charge is 2.13. The quantitative estimate of drug-likeness (QED) is 0.473. The lowest BCUT2D eigenvalue weighted by atomic mass is 10.2. The zero-order valence-electron chi connectivity index (χ0n) is 14.0. The minimum atomic E-state index is -0.240. The standard InChI is InChI=1S/C18H16Cl2FN3OS/c1-2-24-17(10-25-16-8-5-13(19)9-15(16)20)22-23-18(24)26-11-12-3-6-14(21)7-4-12/h3-9H,2,10-11H2,1H3. The normalized spacial score (nSPS) is 10.9. The molecule has 136 valence electrons. The summed E-state index contributed by atoms with van der Waals surface area (Å²) in [5.41, 5.74) is 1.02. The highest BCUT2D eigenvalue weighted by molar-refractivity contribution is 7.98. The Labute approximate surface area is 165 Å². The minimum Gasteiger partial charge on any atom is -0.484 e. The Morgan fingerprint density at radius 3 is 2.58 bits per heavy atom. The number of benzene rings is 2. The van der Waals surface area contributed by atoms with E-state index in [2.05, 4.69) is 10.2 Å². The number of hydrogen-bond acceptors (Lipinski definition) is 4. The van der Waals surface area contributed by atoms with Crippen molar-refractivity contribution in [2.45, 2.75) is 31.0 Å². The first-order valence-electron chi connectivity index (χ1n) is 7.94. The molecule has 0 saturated carbocycles. The zero-order chi connectivity index (χ0) is 18.5. The summed E-state index contributed by atoms with van der Waals surface area (Å²) in [4.78, 5) is 0. The van der Waals surface area contributed by atoms with Crippen molar-refractivity contribution in [1.82, 2.24) is 14.8 Å². The molecule has 0 bridgehead atoms. The molecule has 0 fully saturated rings. The number of rotatable bonds is 7. The van der Waals surface area contributed by atoms with E-state index in [-0.39, 0.29) is 12.4 Å². The van der Waals surface area contributed by atoms with E-state index >= 15 is 0 Å². The summed E-state index contributed by atoms with van der Waals surface area (Å²) in [6, 6.07) is 11.5.